The van der Waals surface area contributed by atoms with Crippen LogP contribution in [0, 0.1) is 0 Å². The third-order valence-electron chi connectivity index (χ3n) is 6.45. The number of hydrogen-bond acceptors (Lipinski definition) is 11. The van der Waals surface area contributed by atoms with Crippen molar-refractivity contribution >= 4 is 20.0 Å². The molecule has 1 amide bonds. The molecule has 2 rings (SSSR count). The van der Waals surface area contributed by atoms with Crippen LogP contribution in [0.25, 0.3) is 0 Å². The van der Waals surface area contributed by atoms with E-state index in [4.69, 9.17) is 39.8 Å². The summed E-state index contributed by atoms with van der Waals surface area (Å²) in [4.78, 5) is 11.3. The summed E-state index contributed by atoms with van der Waals surface area (Å²) in [6, 6.07) is 9.49. The zero-order valence-electron chi connectivity index (χ0n) is 27.6. The van der Waals surface area contributed by atoms with E-state index in [1.807, 2.05) is 23.5 Å². The number of amides is 1. The minimum atomic E-state index is -4.97. The first-order valence-electron chi connectivity index (χ1n) is 14.6. The molecule has 260 valence electrons. The second kappa shape index (κ2) is 23.2. The Morgan fingerprint density at radius 3 is 1.61 bits per heavy atom. The van der Waals surface area contributed by atoms with Gasteiger partial charge in [-0.1, -0.05) is 12.1 Å². The number of aliphatic hydroxyl groups excluding tert-OH is 1. The quantitative estimate of drug-likeness (QED) is 0.0981. The second-order valence-corrected chi connectivity index (χ2v) is 9.90. The SMILES string of the molecule is CO.COc1ccc([C@@H](CCCNB(C)O)NC(=O)C(F)(F)F)cc1OC.COc1ccc([C@H](N)CCCNB(C)O)cc1OC. The first-order valence-corrected chi connectivity index (χ1v) is 14.6. The summed E-state index contributed by atoms with van der Waals surface area (Å²) in [6.07, 6.45) is -2.53. The largest absolute Gasteiger partial charge is 0.493 e. The Kier molecular flexibility index (Phi) is 21.5. The lowest BCUT2D eigenvalue weighted by atomic mass is 9.88. The monoisotopic (exact) mass is 660 g/mol. The Morgan fingerprint density at radius 2 is 1.20 bits per heavy atom. The Hall–Kier alpha value is -3.21. The van der Waals surface area contributed by atoms with Gasteiger partial charge in [-0.2, -0.15) is 13.2 Å². The average molecular weight is 660 g/mol. The molecule has 0 saturated heterocycles. The van der Waals surface area contributed by atoms with E-state index in [-0.39, 0.29) is 12.5 Å². The number of carbonyl (C=O) groups is 1. The maximum atomic E-state index is 12.6. The lowest BCUT2D eigenvalue weighted by Crippen LogP contribution is -2.39. The number of rotatable bonds is 17. The van der Waals surface area contributed by atoms with Gasteiger partial charge in [-0.15, -0.1) is 0 Å². The fourth-order valence-corrected chi connectivity index (χ4v) is 4.13. The maximum Gasteiger partial charge on any atom is 0.471 e. The minimum absolute atomic E-state index is 0.0457. The molecular formula is C29H49B2F3N4O8. The summed E-state index contributed by atoms with van der Waals surface area (Å²) < 4.78 is 58.4. The number of halogens is 3. The van der Waals surface area contributed by atoms with Gasteiger partial charge >= 0.3 is 26.2 Å². The van der Waals surface area contributed by atoms with E-state index in [1.54, 1.807) is 33.2 Å². The average Bonchev–Trinajstić information content (AvgIpc) is 3.04. The Bertz CT molecular complexity index is 1130. The summed E-state index contributed by atoms with van der Waals surface area (Å²) >= 11 is 0. The van der Waals surface area contributed by atoms with Gasteiger partial charge in [-0.05, 0) is 87.8 Å². The number of ether oxygens (including phenoxy) is 4. The maximum absolute atomic E-state index is 12.6. The third kappa shape index (κ3) is 16.4. The van der Waals surface area contributed by atoms with Crippen LogP contribution in [-0.4, -0.2) is 90.0 Å². The van der Waals surface area contributed by atoms with Gasteiger partial charge in [0.15, 0.2) is 23.0 Å². The molecule has 17 heteroatoms. The van der Waals surface area contributed by atoms with Crippen LogP contribution in [0.3, 0.4) is 0 Å². The van der Waals surface area contributed by atoms with Crippen molar-refractivity contribution in [3.05, 3.63) is 47.5 Å². The second-order valence-electron chi connectivity index (χ2n) is 9.90. The van der Waals surface area contributed by atoms with Crippen LogP contribution in [0.15, 0.2) is 36.4 Å². The van der Waals surface area contributed by atoms with Crippen LogP contribution in [0.5, 0.6) is 23.0 Å². The molecule has 0 aliphatic heterocycles. The number of benzene rings is 2. The number of alkyl halides is 3. The van der Waals surface area contributed by atoms with Crippen molar-refractivity contribution in [3.63, 3.8) is 0 Å². The standard InChI is InChI=1S/C15H22BF3N2O4.C13H23BN2O3.CH4O/c1-16(23)20-8-4-5-11(21-14(22)15(17,18)19)10-6-7-12(24-2)13(9-10)25-3;1-14(17)16-8-4-5-11(15)10-6-7-12(18-2)13(9-10)19-3;1-2/h6-7,9,11,20,23H,4-5,8H2,1-3H3,(H,21,22);6-7,9,11,16-17H,4-5,8,15H2,1-3H3;2H,1H3/t2*11-;/m11./s1. The van der Waals surface area contributed by atoms with Gasteiger partial charge in [0.1, 0.15) is 0 Å². The summed E-state index contributed by atoms with van der Waals surface area (Å²) in [7, 11) is 5.89. The zero-order chi connectivity index (χ0) is 35.3. The van der Waals surface area contributed by atoms with E-state index in [1.165, 1.54) is 27.1 Å². The topological polar surface area (TPSA) is 177 Å². The smallest absolute Gasteiger partial charge is 0.471 e. The molecular weight excluding hydrogens is 611 g/mol. The van der Waals surface area contributed by atoms with Gasteiger partial charge in [0, 0.05) is 13.2 Å². The highest BCUT2D eigenvalue weighted by Gasteiger charge is 2.39. The summed E-state index contributed by atoms with van der Waals surface area (Å²) in [5.41, 5.74) is 7.63. The van der Waals surface area contributed by atoms with Crippen molar-refractivity contribution in [2.24, 2.45) is 5.73 Å². The molecule has 46 heavy (non-hydrogen) atoms. The van der Waals surface area contributed by atoms with Crippen molar-refractivity contribution in [1.82, 2.24) is 15.8 Å². The molecule has 12 nitrogen and oxygen atoms in total. The van der Waals surface area contributed by atoms with E-state index in [0.717, 1.165) is 32.1 Å². The van der Waals surface area contributed by atoms with Crippen molar-refractivity contribution < 1.29 is 52.1 Å². The predicted octanol–water partition coefficient (Wildman–Crippen LogP) is 2.70. The number of aliphatic hydroxyl groups is 1. The molecule has 0 spiro atoms. The van der Waals surface area contributed by atoms with Crippen LogP contribution < -0.4 is 40.5 Å². The van der Waals surface area contributed by atoms with E-state index in [9.17, 15) is 18.0 Å². The molecule has 0 heterocycles. The molecule has 2 aromatic rings. The van der Waals surface area contributed by atoms with Gasteiger partial charge in [-0.3, -0.25) is 4.79 Å². The molecule has 0 unspecified atom stereocenters. The van der Waals surface area contributed by atoms with Crippen molar-refractivity contribution in [2.75, 3.05) is 48.6 Å². The van der Waals surface area contributed by atoms with E-state index in [0.29, 0.717) is 41.5 Å². The molecule has 0 bridgehead atoms. The van der Waals surface area contributed by atoms with E-state index >= 15 is 0 Å². The third-order valence-corrected chi connectivity index (χ3v) is 6.45. The van der Waals surface area contributed by atoms with Crippen molar-refractivity contribution in [3.8, 4) is 23.0 Å². The number of nitrogens with two attached hydrogens (primary N) is 1. The van der Waals surface area contributed by atoms with Gasteiger partial charge in [0.2, 0.25) is 0 Å². The molecule has 0 saturated carbocycles. The Morgan fingerprint density at radius 1 is 0.783 bits per heavy atom. The molecule has 0 aliphatic carbocycles. The Balaban J connectivity index is 0.000000863. The van der Waals surface area contributed by atoms with Gasteiger partial charge in [0.05, 0.1) is 34.5 Å². The fraction of sp³-hybridized carbons (Fsp3) is 0.552. The highest BCUT2D eigenvalue weighted by molar-refractivity contribution is 6.45. The first kappa shape index (κ1) is 42.8. The fourth-order valence-electron chi connectivity index (χ4n) is 4.13. The van der Waals surface area contributed by atoms with Gasteiger partial charge < -0.3 is 55.6 Å². The van der Waals surface area contributed by atoms with Crippen LogP contribution in [0.2, 0.25) is 13.6 Å². The predicted molar refractivity (Wildman–Crippen MR) is 173 cm³/mol. The number of carbonyl (C=O) groups excluding carboxylic acids is 1. The van der Waals surface area contributed by atoms with Crippen LogP contribution >= 0.6 is 0 Å². The Labute approximate surface area is 270 Å². The summed E-state index contributed by atoms with van der Waals surface area (Å²) in [6.45, 7) is 4.38. The molecule has 0 radical (unpaired) electrons. The molecule has 2 atom stereocenters. The summed E-state index contributed by atoms with van der Waals surface area (Å²) in [5.74, 6) is 0.179. The lowest BCUT2D eigenvalue weighted by molar-refractivity contribution is -0.174. The minimum Gasteiger partial charge on any atom is -0.493 e. The van der Waals surface area contributed by atoms with Crippen LogP contribution in [0.1, 0.15) is 48.9 Å². The van der Waals surface area contributed by atoms with Crippen LogP contribution in [0.4, 0.5) is 13.2 Å². The number of methoxy groups -OCH3 is 4. The molecule has 0 fully saturated rings. The zero-order valence-corrected chi connectivity index (χ0v) is 27.6. The van der Waals surface area contributed by atoms with E-state index in [2.05, 4.69) is 10.5 Å². The highest BCUT2D eigenvalue weighted by atomic mass is 19.4. The molecule has 0 aromatic heterocycles. The molecule has 2 aromatic carbocycles. The van der Waals surface area contributed by atoms with Crippen molar-refractivity contribution in [2.45, 2.75) is 57.6 Å². The number of nitrogens with one attached hydrogen (secondary N) is 3. The van der Waals surface area contributed by atoms with Crippen molar-refractivity contribution in [1.29, 1.82) is 0 Å². The van der Waals surface area contributed by atoms with E-state index < -0.39 is 32.2 Å². The summed E-state index contributed by atoms with van der Waals surface area (Å²) in [5, 5.41) is 32.9. The highest BCUT2D eigenvalue weighted by Crippen LogP contribution is 2.32. The normalized spacial score (nSPS) is 11.9. The lowest BCUT2D eigenvalue weighted by Gasteiger charge is -2.21. The molecule has 0 aliphatic rings. The van der Waals surface area contributed by atoms with Crippen LogP contribution in [-0.2, 0) is 4.79 Å². The molecule has 8 N–H and O–H groups in total. The first-order chi connectivity index (χ1) is 21.8. The van der Waals surface area contributed by atoms with Gasteiger partial charge in [-0.25, -0.2) is 0 Å². The van der Waals surface area contributed by atoms with Gasteiger partial charge in [0.25, 0.3) is 0 Å². The number of hydrogen-bond donors (Lipinski definition) is 7.